The molecule has 0 heteroatoms. The average molecular weight is 763 g/mol. The van der Waals surface area contributed by atoms with Gasteiger partial charge in [0.05, 0.1) is 0 Å². The molecule has 0 fully saturated rings. The minimum absolute atomic E-state index is 0.140. The Bertz CT molecular complexity index is 3400. The van der Waals surface area contributed by atoms with Gasteiger partial charge in [-0.2, -0.15) is 0 Å². The fourth-order valence-electron chi connectivity index (χ4n) is 12.1. The quantitative estimate of drug-likeness (QED) is 0.122. The molecule has 60 heavy (non-hydrogen) atoms. The summed E-state index contributed by atoms with van der Waals surface area (Å²) in [5, 5.41) is 15.8. The summed E-state index contributed by atoms with van der Waals surface area (Å²) in [6.45, 7) is 9.66. The number of fused-ring (bicyclic) bond motifs is 18. The minimum atomic E-state index is -0.140. The lowest BCUT2D eigenvalue weighted by Crippen LogP contribution is -2.15. The Labute approximate surface area is 350 Å². The van der Waals surface area contributed by atoms with Gasteiger partial charge < -0.3 is 0 Å². The highest BCUT2D eigenvalue weighted by atomic mass is 14.4. The maximum atomic E-state index is 2.52. The summed E-state index contributed by atoms with van der Waals surface area (Å²) < 4.78 is 0. The summed E-state index contributed by atoms with van der Waals surface area (Å²) in [7, 11) is 0. The van der Waals surface area contributed by atoms with E-state index in [1.165, 1.54) is 131 Å². The van der Waals surface area contributed by atoms with Crippen molar-refractivity contribution in [3.63, 3.8) is 0 Å². The molecule has 2 aliphatic carbocycles. The third-order valence-corrected chi connectivity index (χ3v) is 14.5. The molecule has 0 nitrogen and oxygen atoms in total. The van der Waals surface area contributed by atoms with Crippen LogP contribution in [0.3, 0.4) is 0 Å². The number of hydrogen-bond acceptors (Lipinski definition) is 0. The SMILES string of the molecule is CC1(C)c2ccc(-c3c4ccccc4c(-c4ccc5c(c4)-c4c(c6ccccc6c6ccccc46)C5(C)C)c4ccccc34)cc2-c2c1c1ccccc1c1ccccc21. The Kier molecular flexibility index (Phi) is 6.67. The van der Waals surface area contributed by atoms with E-state index in [4.69, 9.17) is 0 Å². The van der Waals surface area contributed by atoms with Crippen LogP contribution in [0.2, 0.25) is 0 Å². The predicted octanol–water partition coefficient (Wildman–Crippen LogP) is 16.6. The van der Waals surface area contributed by atoms with E-state index in [9.17, 15) is 0 Å². The van der Waals surface area contributed by atoms with Crippen LogP contribution in [-0.2, 0) is 10.8 Å². The fraction of sp³-hybridized carbons (Fsp3) is 0.100. The van der Waals surface area contributed by atoms with E-state index >= 15 is 0 Å². The van der Waals surface area contributed by atoms with E-state index in [-0.39, 0.29) is 10.8 Å². The molecule has 0 aromatic heterocycles. The molecule has 11 aromatic carbocycles. The van der Waals surface area contributed by atoms with Gasteiger partial charge in [-0.1, -0.05) is 198 Å². The van der Waals surface area contributed by atoms with Crippen LogP contribution in [-0.4, -0.2) is 0 Å². The van der Waals surface area contributed by atoms with E-state index in [2.05, 4.69) is 210 Å². The molecule has 282 valence electrons. The van der Waals surface area contributed by atoms with Crippen molar-refractivity contribution in [2.24, 2.45) is 0 Å². The largest absolute Gasteiger partial charge is 0.0616 e. The summed E-state index contributed by atoms with van der Waals surface area (Å²) in [6, 6.07) is 69.0. The number of rotatable bonds is 2. The van der Waals surface area contributed by atoms with Crippen molar-refractivity contribution in [2.75, 3.05) is 0 Å². The molecule has 0 aliphatic heterocycles. The minimum Gasteiger partial charge on any atom is -0.0616 e. The third kappa shape index (κ3) is 4.26. The van der Waals surface area contributed by atoms with Crippen LogP contribution in [0.15, 0.2) is 182 Å². The topological polar surface area (TPSA) is 0 Å². The monoisotopic (exact) mass is 762 g/mol. The molecule has 0 spiro atoms. The van der Waals surface area contributed by atoms with Crippen molar-refractivity contribution in [3.8, 4) is 44.5 Å². The van der Waals surface area contributed by atoms with E-state index in [1.807, 2.05) is 0 Å². The van der Waals surface area contributed by atoms with Crippen LogP contribution in [0.25, 0.3) is 109 Å². The standard InChI is InChI=1S/C60H42/c1-59(2)51-31-29-35(33-49(51)55-41-21-9-5-17-37(41)39-19-7-15-27-47(39)57(55)59)53-43-23-11-13-25-45(43)54(46-26-14-12-24-44(46)53)36-30-32-52-50(34-36)56-42-22-10-6-18-38(42)40-20-8-16-28-48(40)58(56)60(52,3)4/h5-34H,1-4H3. The second kappa shape index (κ2) is 11.8. The molecule has 0 saturated carbocycles. The van der Waals surface area contributed by atoms with Crippen molar-refractivity contribution in [1.29, 1.82) is 0 Å². The highest BCUT2D eigenvalue weighted by Gasteiger charge is 2.40. The van der Waals surface area contributed by atoms with Gasteiger partial charge in [0.2, 0.25) is 0 Å². The first-order valence-corrected chi connectivity index (χ1v) is 21.4. The van der Waals surface area contributed by atoms with E-state index in [1.54, 1.807) is 0 Å². The molecule has 0 amide bonds. The smallest absolute Gasteiger partial charge is 0.0165 e. The molecule has 0 unspecified atom stereocenters. The first kappa shape index (κ1) is 33.9. The first-order valence-electron chi connectivity index (χ1n) is 21.4. The van der Waals surface area contributed by atoms with Crippen molar-refractivity contribution >= 4 is 64.6 Å². The highest BCUT2D eigenvalue weighted by molar-refractivity contribution is 6.24. The number of hydrogen-bond donors (Lipinski definition) is 0. The summed E-state index contributed by atoms with van der Waals surface area (Å²) >= 11 is 0. The second-order valence-electron chi connectivity index (χ2n) is 18.3. The Balaban J connectivity index is 1.08. The predicted molar refractivity (Wildman–Crippen MR) is 257 cm³/mol. The average Bonchev–Trinajstić information content (AvgIpc) is 3.68. The van der Waals surface area contributed by atoms with Crippen molar-refractivity contribution in [1.82, 2.24) is 0 Å². The second-order valence-corrected chi connectivity index (χ2v) is 18.3. The van der Waals surface area contributed by atoms with E-state index < -0.39 is 0 Å². The zero-order valence-electron chi connectivity index (χ0n) is 34.3. The van der Waals surface area contributed by atoms with Gasteiger partial charge in [0, 0.05) is 10.8 Å². The normalized spacial score (nSPS) is 14.6. The van der Waals surface area contributed by atoms with Crippen LogP contribution in [0.5, 0.6) is 0 Å². The maximum absolute atomic E-state index is 2.52. The lowest BCUT2D eigenvalue weighted by Gasteiger charge is -2.24. The lowest BCUT2D eigenvalue weighted by atomic mass is 9.79. The zero-order valence-corrected chi connectivity index (χ0v) is 34.3. The van der Waals surface area contributed by atoms with Gasteiger partial charge in [0.25, 0.3) is 0 Å². The van der Waals surface area contributed by atoms with Gasteiger partial charge in [-0.05, 0) is 144 Å². The van der Waals surface area contributed by atoms with Gasteiger partial charge in [0.1, 0.15) is 0 Å². The lowest BCUT2D eigenvalue weighted by molar-refractivity contribution is 0.666. The van der Waals surface area contributed by atoms with Crippen LogP contribution >= 0.6 is 0 Å². The molecule has 0 radical (unpaired) electrons. The third-order valence-electron chi connectivity index (χ3n) is 14.5. The van der Waals surface area contributed by atoms with Crippen molar-refractivity contribution in [3.05, 3.63) is 204 Å². The maximum Gasteiger partial charge on any atom is 0.0165 e. The molecule has 0 bridgehead atoms. The molecule has 0 heterocycles. The zero-order chi connectivity index (χ0) is 40.1. The van der Waals surface area contributed by atoms with Crippen LogP contribution in [0.4, 0.5) is 0 Å². The van der Waals surface area contributed by atoms with Crippen molar-refractivity contribution in [2.45, 2.75) is 38.5 Å². The highest BCUT2D eigenvalue weighted by Crippen LogP contribution is 2.58. The molecule has 0 N–H and O–H groups in total. The Morgan fingerprint density at radius 3 is 0.817 bits per heavy atom. The van der Waals surface area contributed by atoms with Crippen LogP contribution < -0.4 is 0 Å². The van der Waals surface area contributed by atoms with E-state index in [0.29, 0.717) is 0 Å². The van der Waals surface area contributed by atoms with Gasteiger partial charge in [-0.3, -0.25) is 0 Å². The number of benzene rings is 11. The summed E-state index contributed by atoms with van der Waals surface area (Å²) in [5.41, 5.74) is 16.0. The molecule has 0 atom stereocenters. The fourth-order valence-corrected chi connectivity index (χ4v) is 12.1. The summed E-state index contributed by atoms with van der Waals surface area (Å²) in [6.07, 6.45) is 0. The Morgan fingerprint density at radius 2 is 0.500 bits per heavy atom. The Hall–Kier alpha value is -7.02. The molecular weight excluding hydrogens is 721 g/mol. The molecule has 2 aliphatic rings. The molecule has 0 saturated heterocycles. The Morgan fingerprint density at radius 1 is 0.250 bits per heavy atom. The summed E-state index contributed by atoms with van der Waals surface area (Å²) in [4.78, 5) is 0. The van der Waals surface area contributed by atoms with Crippen LogP contribution in [0, 0.1) is 0 Å². The van der Waals surface area contributed by atoms with Gasteiger partial charge in [-0.15, -0.1) is 0 Å². The first-order chi connectivity index (χ1) is 29.3. The van der Waals surface area contributed by atoms with Gasteiger partial charge >= 0.3 is 0 Å². The molecular formula is C60H42. The van der Waals surface area contributed by atoms with Crippen LogP contribution in [0.1, 0.15) is 49.9 Å². The molecule has 11 aromatic rings. The van der Waals surface area contributed by atoms with Crippen molar-refractivity contribution < 1.29 is 0 Å². The molecule has 13 rings (SSSR count). The van der Waals surface area contributed by atoms with E-state index in [0.717, 1.165) is 0 Å². The summed E-state index contributed by atoms with van der Waals surface area (Å²) in [5.74, 6) is 0. The van der Waals surface area contributed by atoms with Gasteiger partial charge in [-0.25, -0.2) is 0 Å². The van der Waals surface area contributed by atoms with Gasteiger partial charge in [0.15, 0.2) is 0 Å².